The molecule has 0 spiro atoms. The third-order valence-electron chi connectivity index (χ3n) is 5.65. The van der Waals surface area contributed by atoms with Crippen LogP contribution in [0.4, 0.5) is 0 Å². The highest BCUT2D eigenvalue weighted by Gasteiger charge is 2.47. The Balaban J connectivity index is 1.55. The predicted octanol–water partition coefficient (Wildman–Crippen LogP) is -3.72. The Bertz CT molecular complexity index is 761. The van der Waals surface area contributed by atoms with Gasteiger partial charge in [0.1, 0.15) is 48.8 Å². The van der Waals surface area contributed by atoms with Gasteiger partial charge in [-0.25, -0.2) is 0 Å². The van der Waals surface area contributed by atoms with Crippen molar-refractivity contribution >= 4 is 0 Å². The van der Waals surface area contributed by atoms with Crippen LogP contribution in [-0.2, 0) is 25.4 Å². The Hall–Kier alpha value is -1.62. The van der Waals surface area contributed by atoms with Crippen molar-refractivity contribution in [1.29, 1.82) is 0 Å². The average Bonchev–Trinajstić information content (AvgIpc) is 2.80. The molecule has 188 valence electrons. The molecule has 33 heavy (non-hydrogen) atoms. The lowest BCUT2D eigenvalue weighted by Gasteiger charge is -2.42. The molecule has 2 fully saturated rings. The molecule has 1 aromatic rings. The number of phenols is 2. The maximum atomic E-state index is 10.2. The van der Waals surface area contributed by atoms with E-state index in [9.17, 15) is 46.0 Å². The van der Waals surface area contributed by atoms with Gasteiger partial charge < -0.3 is 64.9 Å². The van der Waals surface area contributed by atoms with E-state index >= 15 is 0 Å². The zero-order valence-electron chi connectivity index (χ0n) is 17.5. The normalized spacial score (nSPS) is 39.5. The van der Waals surface area contributed by atoms with Crippen molar-refractivity contribution in [3.8, 4) is 11.5 Å². The van der Waals surface area contributed by atoms with E-state index in [4.69, 9.17) is 18.9 Å². The molecule has 10 atom stereocenters. The highest BCUT2D eigenvalue weighted by molar-refractivity contribution is 5.40. The van der Waals surface area contributed by atoms with Crippen LogP contribution in [0.15, 0.2) is 18.2 Å². The molecule has 2 aliphatic rings. The largest absolute Gasteiger partial charge is 0.504 e. The van der Waals surface area contributed by atoms with Gasteiger partial charge in [-0.15, -0.1) is 0 Å². The van der Waals surface area contributed by atoms with E-state index in [1.807, 2.05) is 0 Å². The van der Waals surface area contributed by atoms with Gasteiger partial charge in [0, 0.05) is 0 Å². The van der Waals surface area contributed by atoms with Crippen LogP contribution in [0.25, 0.3) is 0 Å². The molecule has 0 aromatic heterocycles. The number of aromatic hydroxyl groups is 2. The number of rotatable bonds is 8. The summed E-state index contributed by atoms with van der Waals surface area (Å²) in [5.41, 5.74) is 0.624. The van der Waals surface area contributed by atoms with E-state index < -0.39 is 74.6 Å². The Morgan fingerprint density at radius 3 is 1.88 bits per heavy atom. The Labute approximate surface area is 188 Å². The van der Waals surface area contributed by atoms with Crippen LogP contribution in [0.1, 0.15) is 5.56 Å². The minimum Gasteiger partial charge on any atom is -0.504 e. The molecule has 13 heteroatoms. The molecule has 3 rings (SSSR count). The molecular formula is C20H30O13. The van der Waals surface area contributed by atoms with E-state index in [0.717, 1.165) is 0 Å². The van der Waals surface area contributed by atoms with Crippen molar-refractivity contribution in [3.05, 3.63) is 23.8 Å². The van der Waals surface area contributed by atoms with Gasteiger partial charge in [0.05, 0.1) is 19.8 Å². The van der Waals surface area contributed by atoms with Crippen molar-refractivity contribution in [2.75, 3.05) is 19.8 Å². The third-order valence-corrected chi connectivity index (χ3v) is 5.65. The average molecular weight is 478 g/mol. The minimum absolute atomic E-state index is 0.00492. The standard InChI is InChI=1S/C20H30O13/c21-6-11-13(24)15(26)18(29)20(32-11)31-7-12-14(25)16(27)17(28)19(33-12)30-4-3-8-1-2-9(22)10(23)5-8/h1-2,5,11-29H,3-4,6-7H2/t11-,12-,13-,14+,15+,16+,17-,18-,19-,20-/m1/s1. The van der Waals surface area contributed by atoms with Gasteiger partial charge in [-0.05, 0) is 24.1 Å². The maximum Gasteiger partial charge on any atom is 0.186 e. The first-order valence-electron chi connectivity index (χ1n) is 10.4. The van der Waals surface area contributed by atoms with E-state index in [-0.39, 0.29) is 24.5 Å². The third kappa shape index (κ3) is 5.90. The van der Waals surface area contributed by atoms with Crippen molar-refractivity contribution < 1.29 is 64.9 Å². The topological polar surface area (TPSA) is 219 Å². The molecule has 0 bridgehead atoms. The van der Waals surface area contributed by atoms with Crippen LogP contribution < -0.4 is 0 Å². The van der Waals surface area contributed by atoms with Crippen molar-refractivity contribution in [1.82, 2.24) is 0 Å². The summed E-state index contributed by atoms with van der Waals surface area (Å²) in [5, 5.41) is 88.3. The van der Waals surface area contributed by atoms with Crippen LogP contribution in [0.3, 0.4) is 0 Å². The van der Waals surface area contributed by atoms with Gasteiger partial charge >= 0.3 is 0 Å². The van der Waals surface area contributed by atoms with Crippen molar-refractivity contribution in [2.24, 2.45) is 0 Å². The van der Waals surface area contributed by atoms with E-state index in [1.165, 1.54) is 12.1 Å². The monoisotopic (exact) mass is 478 g/mol. The number of ether oxygens (including phenoxy) is 4. The first kappa shape index (κ1) is 26.0. The summed E-state index contributed by atoms with van der Waals surface area (Å²) in [6, 6.07) is 4.21. The summed E-state index contributed by atoms with van der Waals surface area (Å²) in [6.45, 7) is -1.11. The highest BCUT2D eigenvalue weighted by atomic mass is 16.7. The van der Waals surface area contributed by atoms with E-state index in [0.29, 0.717) is 5.56 Å². The van der Waals surface area contributed by atoms with Crippen molar-refractivity contribution in [3.63, 3.8) is 0 Å². The summed E-state index contributed by atoms with van der Waals surface area (Å²) >= 11 is 0. The summed E-state index contributed by atoms with van der Waals surface area (Å²) in [7, 11) is 0. The molecule has 9 N–H and O–H groups in total. The van der Waals surface area contributed by atoms with Gasteiger partial charge in [0.2, 0.25) is 0 Å². The van der Waals surface area contributed by atoms with E-state index in [1.54, 1.807) is 6.07 Å². The SMILES string of the molecule is OC[C@H]1O[C@@H](OC[C@H]2O[C@@H](OCCc3ccc(O)c(O)c3)[C@H](O)[C@@H](O)[C@H]2O)[C@H](O)[C@@H](O)[C@@H]1O. The fourth-order valence-corrected chi connectivity index (χ4v) is 3.60. The molecule has 13 nitrogen and oxygen atoms in total. The van der Waals surface area contributed by atoms with Gasteiger partial charge in [-0.1, -0.05) is 6.07 Å². The smallest absolute Gasteiger partial charge is 0.186 e. The fourth-order valence-electron chi connectivity index (χ4n) is 3.60. The molecular weight excluding hydrogens is 448 g/mol. The second-order valence-electron chi connectivity index (χ2n) is 7.99. The van der Waals surface area contributed by atoms with Gasteiger partial charge in [0.15, 0.2) is 24.1 Å². The summed E-state index contributed by atoms with van der Waals surface area (Å²) in [4.78, 5) is 0. The van der Waals surface area contributed by atoms with Crippen LogP contribution in [0, 0.1) is 0 Å². The molecule has 1 aromatic carbocycles. The van der Waals surface area contributed by atoms with Crippen LogP contribution >= 0.6 is 0 Å². The van der Waals surface area contributed by atoms with Gasteiger partial charge in [-0.3, -0.25) is 0 Å². The molecule has 0 saturated carbocycles. The number of aliphatic hydroxyl groups excluding tert-OH is 7. The lowest BCUT2D eigenvalue weighted by molar-refractivity contribution is -0.331. The molecule has 0 radical (unpaired) electrons. The van der Waals surface area contributed by atoms with E-state index in [2.05, 4.69) is 0 Å². The number of benzene rings is 1. The first-order valence-corrected chi connectivity index (χ1v) is 10.4. The van der Waals surface area contributed by atoms with Crippen molar-refractivity contribution in [2.45, 2.75) is 67.8 Å². The summed E-state index contributed by atoms with van der Waals surface area (Å²) in [5.74, 6) is -0.574. The lowest BCUT2D eigenvalue weighted by atomic mass is 9.98. The Kier molecular flexibility index (Phi) is 8.82. The molecule has 0 aliphatic carbocycles. The molecule has 0 amide bonds. The van der Waals surface area contributed by atoms with Crippen LogP contribution in [0.5, 0.6) is 11.5 Å². The number of phenolic OH excluding ortho intramolecular Hbond substituents is 2. The second kappa shape index (κ2) is 11.2. The van der Waals surface area contributed by atoms with Crippen LogP contribution in [0.2, 0.25) is 0 Å². The fraction of sp³-hybridized carbons (Fsp3) is 0.700. The minimum atomic E-state index is -1.66. The van der Waals surface area contributed by atoms with Gasteiger partial charge in [0.25, 0.3) is 0 Å². The quantitative estimate of drug-likeness (QED) is 0.164. The molecule has 2 heterocycles. The number of hydrogen-bond acceptors (Lipinski definition) is 13. The summed E-state index contributed by atoms with van der Waals surface area (Å²) < 4.78 is 21.5. The first-order chi connectivity index (χ1) is 15.6. The predicted molar refractivity (Wildman–Crippen MR) is 106 cm³/mol. The molecule has 2 saturated heterocycles. The van der Waals surface area contributed by atoms with Gasteiger partial charge in [-0.2, -0.15) is 0 Å². The Morgan fingerprint density at radius 1 is 0.697 bits per heavy atom. The maximum absolute atomic E-state index is 10.2. The summed E-state index contributed by atoms with van der Waals surface area (Å²) in [6.07, 6.45) is -14.7. The number of aliphatic hydroxyl groups is 7. The zero-order valence-corrected chi connectivity index (χ0v) is 17.5. The molecule has 0 unspecified atom stereocenters. The highest BCUT2D eigenvalue weighted by Crippen LogP contribution is 2.27. The second-order valence-corrected chi connectivity index (χ2v) is 7.99. The lowest BCUT2D eigenvalue weighted by Crippen LogP contribution is -2.61. The van der Waals surface area contributed by atoms with Crippen LogP contribution in [-0.4, -0.2) is 127 Å². The Morgan fingerprint density at radius 2 is 1.27 bits per heavy atom. The zero-order chi connectivity index (χ0) is 24.3. The number of hydrogen-bond donors (Lipinski definition) is 9. The molecule has 2 aliphatic heterocycles.